The van der Waals surface area contributed by atoms with Crippen LogP contribution in [0.15, 0.2) is 47.1 Å². The van der Waals surface area contributed by atoms with E-state index in [1.165, 1.54) is 10.7 Å². The molecule has 31 heavy (non-hydrogen) atoms. The van der Waals surface area contributed by atoms with Crippen LogP contribution in [0.25, 0.3) is 5.69 Å². The molecular weight excluding hydrogens is 409 g/mol. The van der Waals surface area contributed by atoms with E-state index >= 15 is 0 Å². The number of amides is 1. The third-order valence-corrected chi connectivity index (χ3v) is 5.18. The molecule has 166 valence electrons. The number of nitrogens with one attached hydrogen (secondary N) is 1. The minimum Gasteiger partial charge on any atom is -0.468 e. The van der Waals surface area contributed by atoms with Crippen molar-refractivity contribution in [2.45, 2.75) is 32.5 Å². The van der Waals surface area contributed by atoms with Crippen LogP contribution < -0.4 is 5.32 Å². The number of aryl methyl sites for hydroxylation is 1. The largest absolute Gasteiger partial charge is 0.468 e. The molecule has 1 aromatic carbocycles. The number of carbonyl (C=O) groups is 1. The zero-order valence-electron chi connectivity index (χ0n) is 17.8. The second-order valence-electron chi connectivity index (χ2n) is 7.58. The maximum atomic E-state index is 13.1. The van der Waals surface area contributed by atoms with Crippen molar-refractivity contribution >= 4 is 5.91 Å². The average Bonchev–Trinajstić information content (AvgIpc) is 3.31. The predicted octanol–water partition coefficient (Wildman–Crippen LogP) is 4.06. The maximum absolute atomic E-state index is 13.1. The van der Waals surface area contributed by atoms with Crippen molar-refractivity contribution in [2.75, 3.05) is 20.6 Å². The molecule has 0 bridgehead atoms. The third kappa shape index (κ3) is 5.16. The summed E-state index contributed by atoms with van der Waals surface area (Å²) in [5.74, 6) is 0.545. The molecule has 1 atom stereocenters. The molecule has 0 aliphatic heterocycles. The Morgan fingerprint density at radius 2 is 1.97 bits per heavy atom. The first kappa shape index (κ1) is 22.6. The summed E-state index contributed by atoms with van der Waals surface area (Å²) >= 11 is 0. The van der Waals surface area contributed by atoms with Crippen LogP contribution in [0, 0.1) is 13.8 Å². The van der Waals surface area contributed by atoms with Gasteiger partial charge in [0.1, 0.15) is 5.76 Å². The van der Waals surface area contributed by atoms with Crippen molar-refractivity contribution in [3.63, 3.8) is 0 Å². The Hall–Kier alpha value is -3.07. The Morgan fingerprint density at radius 1 is 1.23 bits per heavy atom. The number of likely N-dealkylation sites (N-methyl/N-ethyl adjacent to an activating group) is 1. The SMILES string of the molecule is Cc1nn(-c2cccc(C(F)(F)F)c2)c(C)c1CC(=O)NCC(c1ccco1)N(C)C. The van der Waals surface area contributed by atoms with E-state index in [4.69, 9.17) is 4.42 Å². The number of furan rings is 1. The molecule has 9 heteroatoms. The number of alkyl halides is 3. The van der Waals surface area contributed by atoms with Crippen LogP contribution in [-0.4, -0.2) is 41.2 Å². The van der Waals surface area contributed by atoms with E-state index < -0.39 is 11.7 Å². The first-order chi connectivity index (χ1) is 14.6. The molecule has 1 N–H and O–H groups in total. The minimum absolute atomic E-state index is 0.0783. The van der Waals surface area contributed by atoms with Crippen LogP contribution in [0.1, 0.15) is 34.3 Å². The van der Waals surface area contributed by atoms with Gasteiger partial charge >= 0.3 is 6.18 Å². The number of hydrogen-bond donors (Lipinski definition) is 1. The Labute approximate surface area is 178 Å². The highest BCUT2D eigenvalue weighted by Crippen LogP contribution is 2.31. The summed E-state index contributed by atoms with van der Waals surface area (Å²) in [4.78, 5) is 14.5. The number of benzene rings is 1. The molecule has 0 spiro atoms. The van der Waals surface area contributed by atoms with Crippen molar-refractivity contribution < 1.29 is 22.4 Å². The fourth-order valence-corrected chi connectivity index (χ4v) is 3.45. The Morgan fingerprint density at radius 3 is 2.58 bits per heavy atom. The second kappa shape index (κ2) is 8.97. The van der Waals surface area contributed by atoms with E-state index in [9.17, 15) is 18.0 Å². The average molecular weight is 434 g/mol. The van der Waals surface area contributed by atoms with E-state index in [1.807, 2.05) is 25.1 Å². The summed E-state index contributed by atoms with van der Waals surface area (Å²) in [6.45, 7) is 3.85. The van der Waals surface area contributed by atoms with Crippen LogP contribution in [0.3, 0.4) is 0 Å². The molecule has 2 aromatic heterocycles. The monoisotopic (exact) mass is 434 g/mol. The van der Waals surface area contributed by atoms with E-state index in [0.29, 0.717) is 29.2 Å². The molecule has 0 aliphatic carbocycles. The van der Waals surface area contributed by atoms with Crippen LogP contribution in [0.5, 0.6) is 0 Å². The number of carbonyl (C=O) groups excluding carboxylic acids is 1. The highest BCUT2D eigenvalue weighted by Gasteiger charge is 2.31. The zero-order chi connectivity index (χ0) is 22.8. The molecule has 2 heterocycles. The fraction of sp³-hybridized carbons (Fsp3) is 0.364. The van der Waals surface area contributed by atoms with Gasteiger partial charge in [0.15, 0.2) is 0 Å². The molecule has 1 amide bonds. The van der Waals surface area contributed by atoms with Crippen LogP contribution in [0.2, 0.25) is 0 Å². The molecule has 1 unspecified atom stereocenters. The fourth-order valence-electron chi connectivity index (χ4n) is 3.45. The van der Waals surface area contributed by atoms with E-state index in [-0.39, 0.29) is 18.4 Å². The first-order valence-corrected chi connectivity index (χ1v) is 9.77. The zero-order valence-corrected chi connectivity index (χ0v) is 17.8. The Balaban J connectivity index is 1.75. The number of hydrogen-bond acceptors (Lipinski definition) is 4. The van der Waals surface area contributed by atoms with Gasteiger partial charge in [0, 0.05) is 17.8 Å². The lowest BCUT2D eigenvalue weighted by Crippen LogP contribution is -2.35. The van der Waals surface area contributed by atoms with Gasteiger partial charge in [-0.1, -0.05) is 6.07 Å². The van der Waals surface area contributed by atoms with Crippen molar-refractivity contribution in [1.82, 2.24) is 20.0 Å². The molecule has 6 nitrogen and oxygen atoms in total. The summed E-state index contributed by atoms with van der Waals surface area (Å²) in [5.41, 5.74) is 1.47. The van der Waals surface area contributed by atoms with Crippen molar-refractivity contribution in [3.05, 3.63) is 70.9 Å². The maximum Gasteiger partial charge on any atom is 0.416 e. The normalized spacial score (nSPS) is 12.9. The summed E-state index contributed by atoms with van der Waals surface area (Å²) in [6, 6.07) is 8.50. The summed E-state index contributed by atoms with van der Waals surface area (Å²) < 4.78 is 46.1. The minimum atomic E-state index is -4.44. The smallest absolute Gasteiger partial charge is 0.416 e. The van der Waals surface area contributed by atoms with Gasteiger partial charge < -0.3 is 9.73 Å². The van der Waals surface area contributed by atoms with Gasteiger partial charge in [-0.2, -0.15) is 18.3 Å². The van der Waals surface area contributed by atoms with Gasteiger partial charge in [-0.15, -0.1) is 0 Å². The Kier molecular flexibility index (Phi) is 6.54. The van der Waals surface area contributed by atoms with Crippen molar-refractivity contribution in [3.8, 4) is 5.69 Å². The third-order valence-electron chi connectivity index (χ3n) is 5.18. The molecule has 0 saturated carbocycles. The van der Waals surface area contributed by atoms with Gasteiger partial charge in [-0.05, 0) is 58.3 Å². The first-order valence-electron chi connectivity index (χ1n) is 9.77. The van der Waals surface area contributed by atoms with Crippen LogP contribution >= 0.6 is 0 Å². The van der Waals surface area contributed by atoms with E-state index in [1.54, 1.807) is 32.2 Å². The molecule has 0 saturated heterocycles. The lowest BCUT2D eigenvalue weighted by atomic mass is 10.1. The van der Waals surface area contributed by atoms with Gasteiger partial charge in [-0.25, -0.2) is 4.68 Å². The lowest BCUT2D eigenvalue weighted by molar-refractivity contribution is -0.137. The highest BCUT2D eigenvalue weighted by molar-refractivity contribution is 5.79. The second-order valence-corrected chi connectivity index (χ2v) is 7.58. The van der Waals surface area contributed by atoms with E-state index in [2.05, 4.69) is 10.4 Å². The molecule has 3 rings (SSSR count). The van der Waals surface area contributed by atoms with Crippen LogP contribution in [-0.2, 0) is 17.4 Å². The van der Waals surface area contributed by atoms with Gasteiger partial charge in [0.2, 0.25) is 5.91 Å². The van der Waals surface area contributed by atoms with Crippen molar-refractivity contribution in [2.24, 2.45) is 0 Å². The topological polar surface area (TPSA) is 63.3 Å². The summed E-state index contributed by atoms with van der Waals surface area (Å²) in [7, 11) is 3.79. The summed E-state index contributed by atoms with van der Waals surface area (Å²) in [6.07, 6.45) is -2.77. The van der Waals surface area contributed by atoms with E-state index in [0.717, 1.165) is 17.9 Å². The molecule has 0 radical (unpaired) electrons. The van der Waals surface area contributed by atoms with Gasteiger partial charge in [0.05, 0.1) is 35.7 Å². The Bertz CT molecular complexity index is 1040. The van der Waals surface area contributed by atoms with Gasteiger partial charge in [0.25, 0.3) is 0 Å². The van der Waals surface area contributed by atoms with Crippen LogP contribution in [0.4, 0.5) is 13.2 Å². The standard InChI is InChI=1S/C22H25F3N4O2/c1-14-18(12-21(30)26-13-19(28(3)4)20-9-6-10-31-20)15(2)29(27-14)17-8-5-7-16(11-17)22(23,24)25/h5-11,19H,12-13H2,1-4H3,(H,26,30). The highest BCUT2D eigenvalue weighted by atomic mass is 19.4. The predicted molar refractivity (Wildman–Crippen MR) is 110 cm³/mol. The molecule has 3 aromatic rings. The number of nitrogens with zero attached hydrogens (tertiary/aromatic N) is 3. The number of aromatic nitrogens is 2. The molecule has 0 aliphatic rings. The van der Waals surface area contributed by atoms with Gasteiger partial charge in [-0.3, -0.25) is 9.69 Å². The quantitative estimate of drug-likeness (QED) is 0.609. The number of halogens is 3. The molecular formula is C22H25F3N4O2. The molecule has 0 fully saturated rings. The van der Waals surface area contributed by atoms with Crippen molar-refractivity contribution in [1.29, 1.82) is 0 Å². The number of rotatable bonds is 7. The lowest BCUT2D eigenvalue weighted by Gasteiger charge is -2.22. The summed E-state index contributed by atoms with van der Waals surface area (Å²) in [5, 5.41) is 7.27.